The van der Waals surface area contributed by atoms with Crippen molar-refractivity contribution in [1.82, 2.24) is 14.8 Å². The molecule has 0 bridgehead atoms. The molecule has 0 unspecified atom stereocenters. The standard InChI is InChI=1S/C18H13F2N3O2S2/c1-27(24,25)12-8-6-11(7-9-12)23-15(10-14(22-23)17(19)20)18-21-13-4-2-3-5-16(13)26-18/h2-10,17H,1H3. The largest absolute Gasteiger partial charge is 0.282 e. The fourth-order valence-corrected chi connectivity index (χ4v) is 4.27. The molecule has 4 rings (SSSR count). The molecule has 0 spiro atoms. The Morgan fingerprint density at radius 2 is 1.78 bits per heavy atom. The van der Waals surface area contributed by atoms with Gasteiger partial charge in [0.1, 0.15) is 16.4 Å². The number of para-hydroxylation sites is 1. The van der Waals surface area contributed by atoms with Gasteiger partial charge in [0.15, 0.2) is 9.84 Å². The quantitative estimate of drug-likeness (QED) is 0.502. The number of hydrogen-bond acceptors (Lipinski definition) is 5. The van der Waals surface area contributed by atoms with Crippen molar-refractivity contribution >= 4 is 31.4 Å². The molecule has 9 heteroatoms. The Labute approximate surface area is 157 Å². The monoisotopic (exact) mass is 405 g/mol. The van der Waals surface area contributed by atoms with E-state index in [0.717, 1.165) is 16.5 Å². The number of benzene rings is 2. The highest BCUT2D eigenvalue weighted by atomic mass is 32.2. The average Bonchev–Trinajstić information content (AvgIpc) is 3.25. The summed E-state index contributed by atoms with van der Waals surface area (Å²) in [5.41, 5.74) is 1.31. The molecule has 2 aromatic heterocycles. The number of alkyl halides is 2. The van der Waals surface area contributed by atoms with Gasteiger partial charge in [-0.1, -0.05) is 12.1 Å². The lowest BCUT2D eigenvalue weighted by atomic mass is 10.3. The molecule has 4 aromatic rings. The summed E-state index contributed by atoms with van der Waals surface area (Å²) in [4.78, 5) is 4.66. The first kappa shape index (κ1) is 17.7. The fraction of sp³-hybridized carbons (Fsp3) is 0.111. The van der Waals surface area contributed by atoms with Crippen LogP contribution in [0.25, 0.3) is 26.6 Å². The zero-order valence-corrected chi connectivity index (χ0v) is 15.6. The smallest absolute Gasteiger partial charge is 0.234 e. The Bertz CT molecular complexity index is 1200. The average molecular weight is 405 g/mol. The highest BCUT2D eigenvalue weighted by molar-refractivity contribution is 7.90. The Morgan fingerprint density at radius 1 is 1.07 bits per heavy atom. The summed E-state index contributed by atoms with van der Waals surface area (Å²) in [6.45, 7) is 0. The van der Waals surface area contributed by atoms with Gasteiger partial charge in [-0.2, -0.15) is 5.10 Å². The van der Waals surface area contributed by atoms with Crippen molar-refractivity contribution in [3.63, 3.8) is 0 Å². The third-order valence-corrected chi connectivity index (χ3v) is 6.16. The van der Waals surface area contributed by atoms with Gasteiger partial charge in [-0.05, 0) is 42.5 Å². The first-order valence-corrected chi connectivity index (χ1v) is 10.6. The molecular formula is C18H13F2N3O2S2. The number of aromatic nitrogens is 3. The number of nitrogens with zero attached hydrogens (tertiary/aromatic N) is 3. The lowest BCUT2D eigenvalue weighted by Gasteiger charge is -2.06. The van der Waals surface area contributed by atoms with E-state index in [0.29, 0.717) is 16.4 Å². The van der Waals surface area contributed by atoms with Crippen molar-refractivity contribution in [3.8, 4) is 16.4 Å². The minimum Gasteiger partial charge on any atom is -0.234 e. The van der Waals surface area contributed by atoms with Crippen molar-refractivity contribution in [2.24, 2.45) is 0 Å². The molecule has 0 aliphatic rings. The summed E-state index contributed by atoms with van der Waals surface area (Å²) in [6, 6.07) is 14.7. The molecule has 0 saturated carbocycles. The number of rotatable bonds is 4. The molecule has 0 atom stereocenters. The van der Waals surface area contributed by atoms with E-state index in [1.807, 2.05) is 24.3 Å². The Hall–Kier alpha value is -2.65. The minimum absolute atomic E-state index is 0.147. The zero-order chi connectivity index (χ0) is 19.2. The molecule has 0 N–H and O–H groups in total. The Morgan fingerprint density at radius 3 is 2.41 bits per heavy atom. The first-order valence-electron chi connectivity index (χ1n) is 7.87. The van der Waals surface area contributed by atoms with E-state index >= 15 is 0 Å². The van der Waals surface area contributed by atoms with E-state index in [-0.39, 0.29) is 10.6 Å². The number of halogens is 2. The topological polar surface area (TPSA) is 64.8 Å². The molecule has 0 fully saturated rings. The SMILES string of the molecule is CS(=O)(=O)c1ccc(-n2nc(C(F)F)cc2-c2nc3ccccc3s2)cc1. The Balaban J connectivity index is 1.87. The Kier molecular flexibility index (Phi) is 4.27. The summed E-state index contributed by atoms with van der Waals surface area (Å²) in [5, 5.41) is 4.56. The van der Waals surface area contributed by atoms with Crippen LogP contribution in [0.1, 0.15) is 12.1 Å². The van der Waals surface area contributed by atoms with E-state index in [1.54, 1.807) is 0 Å². The van der Waals surface area contributed by atoms with Gasteiger partial charge in [-0.15, -0.1) is 11.3 Å². The van der Waals surface area contributed by atoms with E-state index < -0.39 is 16.3 Å². The van der Waals surface area contributed by atoms with E-state index in [2.05, 4.69) is 10.1 Å². The van der Waals surface area contributed by atoms with Gasteiger partial charge in [0.25, 0.3) is 6.43 Å². The molecule has 0 amide bonds. The molecule has 0 radical (unpaired) electrons. The second kappa shape index (κ2) is 6.50. The van der Waals surface area contributed by atoms with Crippen molar-refractivity contribution < 1.29 is 17.2 Å². The third kappa shape index (κ3) is 3.35. The molecular weight excluding hydrogens is 392 g/mol. The molecule has 0 saturated heterocycles. The number of thiazole rings is 1. The van der Waals surface area contributed by atoms with Crippen molar-refractivity contribution in [2.45, 2.75) is 11.3 Å². The molecule has 2 heterocycles. The summed E-state index contributed by atoms with van der Waals surface area (Å²) >= 11 is 1.38. The van der Waals surface area contributed by atoms with Gasteiger partial charge in [0.05, 0.1) is 20.8 Å². The van der Waals surface area contributed by atoms with Crippen LogP contribution in [0.5, 0.6) is 0 Å². The van der Waals surface area contributed by atoms with Gasteiger partial charge in [-0.25, -0.2) is 26.9 Å². The molecule has 27 heavy (non-hydrogen) atoms. The van der Waals surface area contributed by atoms with Gasteiger partial charge in [0.2, 0.25) is 0 Å². The minimum atomic E-state index is -3.35. The zero-order valence-electron chi connectivity index (χ0n) is 14.0. The fourth-order valence-electron chi connectivity index (χ4n) is 2.67. The van der Waals surface area contributed by atoms with Crippen LogP contribution in [0.15, 0.2) is 59.5 Å². The predicted molar refractivity (Wildman–Crippen MR) is 100 cm³/mol. The third-order valence-electron chi connectivity index (χ3n) is 3.97. The van der Waals surface area contributed by atoms with Crippen LogP contribution in [0.2, 0.25) is 0 Å². The highest BCUT2D eigenvalue weighted by Gasteiger charge is 2.20. The maximum atomic E-state index is 13.2. The maximum Gasteiger partial charge on any atom is 0.282 e. The second-order valence-corrected chi connectivity index (χ2v) is 8.97. The first-order chi connectivity index (χ1) is 12.8. The molecule has 0 aliphatic carbocycles. The van der Waals surface area contributed by atoms with Gasteiger partial charge < -0.3 is 0 Å². The summed E-state index contributed by atoms with van der Waals surface area (Å²) in [5.74, 6) is 0. The maximum absolute atomic E-state index is 13.2. The number of hydrogen-bond donors (Lipinski definition) is 0. The lowest BCUT2D eigenvalue weighted by Crippen LogP contribution is -2.02. The van der Waals surface area contributed by atoms with Crippen LogP contribution >= 0.6 is 11.3 Å². The van der Waals surface area contributed by atoms with Crippen molar-refractivity contribution in [3.05, 3.63) is 60.3 Å². The molecule has 5 nitrogen and oxygen atoms in total. The van der Waals surface area contributed by atoms with Crippen LogP contribution in [0, 0.1) is 0 Å². The van der Waals surface area contributed by atoms with Crippen LogP contribution in [-0.4, -0.2) is 29.4 Å². The summed E-state index contributed by atoms with van der Waals surface area (Å²) < 4.78 is 52.1. The van der Waals surface area contributed by atoms with Crippen LogP contribution < -0.4 is 0 Å². The van der Waals surface area contributed by atoms with Gasteiger partial charge in [0, 0.05) is 6.26 Å². The van der Waals surface area contributed by atoms with Crippen LogP contribution in [0.3, 0.4) is 0 Å². The van der Waals surface area contributed by atoms with E-state index in [4.69, 9.17) is 0 Å². The predicted octanol–water partition coefficient (Wildman–Crippen LogP) is 4.49. The van der Waals surface area contributed by atoms with Crippen molar-refractivity contribution in [1.29, 1.82) is 0 Å². The van der Waals surface area contributed by atoms with Crippen LogP contribution in [0.4, 0.5) is 8.78 Å². The number of sulfone groups is 1. The van der Waals surface area contributed by atoms with E-state index in [9.17, 15) is 17.2 Å². The van der Waals surface area contributed by atoms with E-state index in [1.165, 1.54) is 46.4 Å². The second-order valence-electron chi connectivity index (χ2n) is 5.92. The number of fused-ring (bicyclic) bond motifs is 1. The highest BCUT2D eigenvalue weighted by Crippen LogP contribution is 2.33. The van der Waals surface area contributed by atoms with Gasteiger partial charge >= 0.3 is 0 Å². The molecule has 0 aliphatic heterocycles. The normalized spacial score (nSPS) is 12.1. The summed E-state index contributed by atoms with van der Waals surface area (Å²) in [6.07, 6.45) is -1.62. The molecule has 138 valence electrons. The van der Waals surface area contributed by atoms with Crippen LogP contribution in [-0.2, 0) is 9.84 Å². The summed E-state index contributed by atoms with van der Waals surface area (Å²) in [7, 11) is -3.35. The lowest BCUT2D eigenvalue weighted by molar-refractivity contribution is 0.145. The van der Waals surface area contributed by atoms with Crippen molar-refractivity contribution in [2.75, 3.05) is 6.26 Å². The molecule has 2 aromatic carbocycles. The van der Waals surface area contributed by atoms with Gasteiger partial charge in [-0.3, -0.25) is 0 Å².